The highest BCUT2D eigenvalue weighted by Gasteiger charge is 2.27. The Morgan fingerprint density at radius 1 is 1.43 bits per heavy atom. The van der Waals surface area contributed by atoms with E-state index in [1.54, 1.807) is 0 Å². The smallest absolute Gasteiger partial charge is 0.122 e. The van der Waals surface area contributed by atoms with Gasteiger partial charge in [0, 0.05) is 24.6 Å². The molecule has 0 fully saturated rings. The van der Waals surface area contributed by atoms with Crippen LogP contribution in [0.5, 0.6) is 5.75 Å². The summed E-state index contributed by atoms with van der Waals surface area (Å²) in [6.07, 6.45) is 1.10. The van der Waals surface area contributed by atoms with E-state index in [1.807, 2.05) is 29.8 Å². The minimum Gasteiger partial charge on any atom is -0.493 e. The summed E-state index contributed by atoms with van der Waals surface area (Å²) in [5, 5.41) is 15.0. The van der Waals surface area contributed by atoms with Crippen LogP contribution in [-0.4, -0.2) is 27.6 Å². The van der Waals surface area contributed by atoms with Gasteiger partial charge in [0.15, 0.2) is 0 Å². The van der Waals surface area contributed by atoms with E-state index in [2.05, 4.69) is 24.2 Å². The summed E-state index contributed by atoms with van der Waals surface area (Å²) in [5.74, 6) is 1.09. The van der Waals surface area contributed by atoms with Crippen LogP contribution in [0, 0.1) is 12.8 Å². The highest BCUT2D eigenvalue weighted by atomic mass is 16.5. The van der Waals surface area contributed by atoms with Crippen LogP contribution in [0.4, 0.5) is 0 Å². The van der Waals surface area contributed by atoms with Gasteiger partial charge in [-0.05, 0) is 38.0 Å². The van der Waals surface area contributed by atoms with Gasteiger partial charge >= 0.3 is 0 Å². The van der Waals surface area contributed by atoms with Gasteiger partial charge in [0.25, 0.3) is 0 Å². The Morgan fingerprint density at radius 2 is 2.24 bits per heavy atom. The zero-order valence-corrected chi connectivity index (χ0v) is 12.6. The first-order chi connectivity index (χ1) is 10.2. The zero-order valence-electron chi connectivity index (χ0n) is 12.6. The monoisotopic (exact) mass is 286 g/mol. The van der Waals surface area contributed by atoms with Crippen LogP contribution in [0.25, 0.3) is 0 Å². The molecule has 1 aliphatic heterocycles. The van der Waals surface area contributed by atoms with Gasteiger partial charge < -0.3 is 9.84 Å². The SMILES string of the molecule is CCn1nc(C)cc1CC(O)C1COc2ccccc2C1. The third kappa shape index (κ3) is 2.95. The minimum absolute atomic E-state index is 0.139. The molecule has 0 saturated heterocycles. The second kappa shape index (κ2) is 5.90. The van der Waals surface area contributed by atoms with Crippen LogP contribution >= 0.6 is 0 Å². The van der Waals surface area contributed by atoms with E-state index in [0.29, 0.717) is 13.0 Å². The molecule has 3 rings (SSSR count). The topological polar surface area (TPSA) is 47.3 Å². The second-order valence-electron chi connectivity index (χ2n) is 5.75. The Bertz CT molecular complexity index is 621. The van der Waals surface area contributed by atoms with Crippen molar-refractivity contribution in [2.24, 2.45) is 5.92 Å². The van der Waals surface area contributed by atoms with Crippen molar-refractivity contribution in [3.05, 3.63) is 47.3 Å². The molecular formula is C17H22N2O2. The first kappa shape index (κ1) is 14.1. The Hall–Kier alpha value is -1.81. The Morgan fingerprint density at radius 3 is 3.05 bits per heavy atom. The lowest BCUT2D eigenvalue weighted by Crippen LogP contribution is -2.33. The number of hydrogen-bond acceptors (Lipinski definition) is 3. The molecule has 0 aliphatic carbocycles. The standard InChI is InChI=1S/C17H22N2O2/c1-3-19-15(8-12(2)18-19)10-16(20)14-9-13-6-4-5-7-17(13)21-11-14/h4-8,14,16,20H,3,9-11H2,1-2H3. The average Bonchev–Trinajstić information content (AvgIpc) is 2.86. The lowest BCUT2D eigenvalue weighted by Gasteiger charge is -2.28. The summed E-state index contributed by atoms with van der Waals surface area (Å²) < 4.78 is 7.74. The van der Waals surface area contributed by atoms with Crippen LogP contribution in [-0.2, 0) is 19.4 Å². The number of aromatic nitrogens is 2. The summed E-state index contributed by atoms with van der Waals surface area (Å²) in [6.45, 7) is 5.47. The average molecular weight is 286 g/mol. The lowest BCUT2D eigenvalue weighted by molar-refractivity contribution is 0.0638. The molecule has 0 amide bonds. The number of fused-ring (bicyclic) bond motifs is 1. The van der Waals surface area contributed by atoms with E-state index in [4.69, 9.17) is 4.74 Å². The summed E-state index contributed by atoms with van der Waals surface area (Å²) in [6, 6.07) is 10.1. The number of rotatable bonds is 4. The molecule has 2 atom stereocenters. The first-order valence-corrected chi connectivity index (χ1v) is 7.59. The second-order valence-corrected chi connectivity index (χ2v) is 5.75. The summed E-state index contributed by atoms with van der Waals surface area (Å²) in [5.41, 5.74) is 3.29. The molecule has 2 heterocycles. The van der Waals surface area contributed by atoms with Crippen LogP contribution in [0.15, 0.2) is 30.3 Å². The first-order valence-electron chi connectivity index (χ1n) is 7.59. The number of aryl methyl sites for hydroxylation is 2. The molecule has 0 saturated carbocycles. The van der Waals surface area contributed by atoms with Crippen molar-refractivity contribution in [2.45, 2.75) is 39.3 Å². The fraction of sp³-hybridized carbons (Fsp3) is 0.471. The number of nitrogens with zero attached hydrogens (tertiary/aromatic N) is 2. The fourth-order valence-electron chi connectivity index (χ4n) is 3.02. The van der Waals surface area contributed by atoms with Gasteiger partial charge in [0.05, 0.1) is 18.4 Å². The van der Waals surface area contributed by atoms with Crippen molar-refractivity contribution in [1.82, 2.24) is 9.78 Å². The van der Waals surface area contributed by atoms with Crippen molar-refractivity contribution < 1.29 is 9.84 Å². The molecule has 4 nitrogen and oxygen atoms in total. The van der Waals surface area contributed by atoms with Crippen LogP contribution in [0.2, 0.25) is 0 Å². The zero-order chi connectivity index (χ0) is 14.8. The van der Waals surface area contributed by atoms with E-state index in [1.165, 1.54) is 5.56 Å². The Kier molecular flexibility index (Phi) is 3.97. The van der Waals surface area contributed by atoms with E-state index >= 15 is 0 Å². The third-order valence-electron chi connectivity index (χ3n) is 4.16. The summed E-state index contributed by atoms with van der Waals surface area (Å²) in [7, 11) is 0. The van der Waals surface area contributed by atoms with Gasteiger partial charge in [-0.15, -0.1) is 0 Å². The molecule has 0 spiro atoms. The largest absolute Gasteiger partial charge is 0.493 e. The maximum Gasteiger partial charge on any atom is 0.122 e. The third-order valence-corrected chi connectivity index (χ3v) is 4.16. The van der Waals surface area contributed by atoms with Gasteiger partial charge in [-0.25, -0.2) is 0 Å². The van der Waals surface area contributed by atoms with Crippen LogP contribution < -0.4 is 4.74 Å². The molecule has 2 aromatic rings. The van der Waals surface area contributed by atoms with Crippen molar-refractivity contribution in [2.75, 3.05) is 6.61 Å². The van der Waals surface area contributed by atoms with E-state index in [0.717, 1.165) is 30.1 Å². The number of aliphatic hydroxyl groups is 1. The highest BCUT2D eigenvalue weighted by Crippen LogP contribution is 2.29. The van der Waals surface area contributed by atoms with E-state index < -0.39 is 6.10 Å². The van der Waals surface area contributed by atoms with Gasteiger partial charge in [-0.1, -0.05) is 18.2 Å². The van der Waals surface area contributed by atoms with Crippen molar-refractivity contribution in [1.29, 1.82) is 0 Å². The molecule has 21 heavy (non-hydrogen) atoms. The maximum absolute atomic E-state index is 10.6. The Labute approximate surface area is 125 Å². The lowest BCUT2D eigenvalue weighted by atomic mass is 9.90. The summed E-state index contributed by atoms with van der Waals surface area (Å²) in [4.78, 5) is 0. The molecule has 1 N–H and O–H groups in total. The maximum atomic E-state index is 10.6. The molecule has 0 radical (unpaired) electrons. The van der Waals surface area contributed by atoms with Crippen molar-refractivity contribution in [3.63, 3.8) is 0 Å². The van der Waals surface area contributed by atoms with E-state index in [-0.39, 0.29) is 5.92 Å². The van der Waals surface area contributed by atoms with Gasteiger partial charge in [0.1, 0.15) is 5.75 Å². The molecular weight excluding hydrogens is 264 g/mol. The quantitative estimate of drug-likeness (QED) is 0.938. The minimum atomic E-state index is -0.403. The van der Waals surface area contributed by atoms with Crippen LogP contribution in [0.1, 0.15) is 23.9 Å². The molecule has 2 unspecified atom stereocenters. The fourth-order valence-corrected chi connectivity index (χ4v) is 3.02. The number of hydrogen-bond donors (Lipinski definition) is 1. The molecule has 0 bridgehead atoms. The predicted molar refractivity (Wildman–Crippen MR) is 81.5 cm³/mol. The van der Waals surface area contributed by atoms with Gasteiger partial charge in [-0.2, -0.15) is 5.10 Å². The number of aliphatic hydroxyl groups excluding tert-OH is 1. The number of ether oxygens (including phenoxy) is 1. The van der Waals surface area contributed by atoms with Gasteiger partial charge in [-0.3, -0.25) is 4.68 Å². The van der Waals surface area contributed by atoms with Gasteiger partial charge in [0.2, 0.25) is 0 Å². The number of para-hydroxylation sites is 1. The Balaban J connectivity index is 1.70. The van der Waals surface area contributed by atoms with E-state index in [9.17, 15) is 5.11 Å². The molecule has 4 heteroatoms. The molecule has 112 valence electrons. The van der Waals surface area contributed by atoms with Crippen molar-refractivity contribution in [3.8, 4) is 5.75 Å². The van der Waals surface area contributed by atoms with Crippen LogP contribution in [0.3, 0.4) is 0 Å². The molecule has 1 aromatic heterocycles. The highest BCUT2D eigenvalue weighted by molar-refractivity contribution is 5.35. The predicted octanol–water partition coefficient (Wildman–Crippen LogP) is 2.37. The summed E-state index contributed by atoms with van der Waals surface area (Å²) >= 11 is 0. The number of benzene rings is 1. The normalized spacial score (nSPS) is 18.9. The molecule has 1 aromatic carbocycles. The molecule has 1 aliphatic rings. The van der Waals surface area contributed by atoms with Crippen molar-refractivity contribution >= 4 is 0 Å².